The lowest BCUT2D eigenvalue weighted by Crippen LogP contribution is -2.38. The molecule has 0 radical (unpaired) electrons. The van der Waals surface area contributed by atoms with Gasteiger partial charge in [0, 0.05) is 48.0 Å². The van der Waals surface area contributed by atoms with Crippen molar-refractivity contribution in [3.05, 3.63) is 23.0 Å². The van der Waals surface area contributed by atoms with Crippen molar-refractivity contribution in [2.45, 2.75) is 39.7 Å². The molecule has 0 amide bonds. The van der Waals surface area contributed by atoms with Gasteiger partial charge in [0.1, 0.15) is 5.75 Å². The first-order valence-corrected chi connectivity index (χ1v) is 7.47. The summed E-state index contributed by atoms with van der Waals surface area (Å²) in [6.45, 7) is 9.01. The summed E-state index contributed by atoms with van der Waals surface area (Å²) in [4.78, 5) is 4.62. The average Bonchev–Trinajstić information content (AvgIpc) is 2.95. The summed E-state index contributed by atoms with van der Waals surface area (Å²) in [5.74, 6) is 1.55. The van der Waals surface area contributed by atoms with Crippen LogP contribution in [-0.4, -0.2) is 37.9 Å². The average molecular weight is 278 g/mol. The van der Waals surface area contributed by atoms with Crippen LogP contribution in [0.4, 0.5) is 0 Å². The normalized spacial score (nSPS) is 20.1. The van der Waals surface area contributed by atoms with Crippen LogP contribution >= 0.6 is 0 Å². The standard InChI is InChI=1S/C16H26N2O2/c1-5-17-15(13-6-7-20-10-13)8-14-12(3)16(19-4)11(2)9-18-14/h9,13,15,17H,5-8,10H2,1-4H3. The highest BCUT2D eigenvalue weighted by Gasteiger charge is 2.26. The number of hydrogen-bond acceptors (Lipinski definition) is 4. The van der Waals surface area contributed by atoms with Crippen LogP contribution in [0.1, 0.15) is 30.2 Å². The SMILES string of the molecule is CCNC(Cc1ncc(C)c(OC)c1C)C1CCOC1. The van der Waals surface area contributed by atoms with Gasteiger partial charge >= 0.3 is 0 Å². The van der Waals surface area contributed by atoms with Crippen LogP contribution in [0.25, 0.3) is 0 Å². The Hall–Kier alpha value is -1.13. The molecule has 0 spiro atoms. The van der Waals surface area contributed by atoms with E-state index in [0.717, 1.165) is 55.2 Å². The summed E-state index contributed by atoms with van der Waals surface area (Å²) in [6.07, 6.45) is 3.99. The molecule has 112 valence electrons. The molecule has 1 aromatic heterocycles. The maximum absolute atomic E-state index is 5.53. The fourth-order valence-corrected chi connectivity index (χ4v) is 3.02. The number of pyridine rings is 1. The summed E-state index contributed by atoms with van der Waals surface area (Å²) < 4.78 is 11.0. The molecule has 1 fully saturated rings. The molecular weight excluding hydrogens is 252 g/mol. The summed E-state index contributed by atoms with van der Waals surface area (Å²) in [5.41, 5.74) is 3.39. The minimum Gasteiger partial charge on any atom is -0.496 e. The van der Waals surface area contributed by atoms with E-state index in [4.69, 9.17) is 9.47 Å². The van der Waals surface area contributed by atoms with Crippen molar-refractivity contribution in [3.63, 3.8) is 0 Å². The third-order valence-corrected chi connectivity index (χ3v) is 4.16. The van der Waals surface area contributed by atoms with Gasteiger partial charge in [-0.3, -0.25) is 4.98 Å². The van der Waals surface area contributed by atoms with Gasteiger partial charge in [-0.1, -0.05) is 6.92 Å². The van der Waals surface area contributed by atoms with E-state index in [0.29, 0.717) is 12.0 Å². The van der Waals surface area contributed by atoms with E-state index in [1.807, 2.05) is 13.1 Å². The predicted molar refractivity (Wildman–Crippen MR) is 80.4 cm³/mol. The first-order valence-electron chi connectivity index (χ1n) is 7.47. The molecule has 4 nitrogen and oxygen atoms in total. The summed E-state index contributed by atoms with van der Waals surface area (Å²) in [7, 11) is 1.73. The molecule has 1 aromatic rings. The third-order valence-electron chi connectivity index (χ3n) is 4.16. The van der Waals surface area contributed by atoms with Crippen molar-refractivity contribution in [2.24, 2.45) is 5.92 Å². The third kappa shape index (κ3) is 3.30. The minimum absolute atomic E-state index is 0.432. The molecular formula is C16H26N2O2. The zero-order valence-corrected chi connectivity index (χ0v) is 13.0. The number of aromatic nitrogens is 1. The number of hydrogen-bond donors (Lipinski definition) is 1. The molecule has 20 heavy (non-hydrogen) atoms. The molecule has 1 aliphatic heterocycles. The van der Waals surface area contributed by atoms with Crippen LogP contribution in [0.2, 0.25) is 0 Å². The first-order chi connectivity index (χ1) is 9.67. The maximum Gasteiger partial charge on any atom is 0.128 e. The summed E-state index contributed by atoms with van der Waals surface area (Å²) in [5, 5.41) is 3.59. The van der Waals surface area contributed by atoms with E-state index in [2.05, 4.69) is 24.1 Å². The molecule has 0 aromatic carbocycles. The van der Waals surface area contributed by atoms with E-state index >= 15 is 0 Å². The van der Waals surface area contributed by atoms with Crippen LogP contribution in [0, 0.1) is 19.8 Å². The van der Waals surface area contributed by atoms with Gasteiger partial charge in [-0.05, 0) is 26.8 Å². The number of methoxy groups -OCH3 is 1. The Morgan fingerprint density at radius 2 is 2.30 bits per heavy atom. The smallest absolute Gasteiger partial charge is 0.128 e. The molecule has 0 aliphatic carbocycles. The highest BCUT2D eigenvalue weighted by Crippen LogP contribution is 2.26. The number of ether oxygens (including phenoxy) is 2. The largest absolute Gasteiger partial charge is 0.496 e. The quantitative estimate of drug-likeness (QED) is 0.867. The van der Waals surface area contributed by atoms with Crippen LogP contribution in [0.5, 0.6) is 5.75 Å². The zero-order chi connectivity index (χ0) is 14.5. The molecule has 2 atom stereocenters. The number of rotatable bonds is 6. The molecule has 2 heterocycles. The summed E-state index contributed by atoms with van der Waals surface area (Å²) in [6, 6.07) is 0.432. The van der Waals surface area contributed by atoms with Crippen LogP contribution < -0.4 is 10.1 Å². The van der Waals surface area contributed by atoms with Gasteiger partial charge in [0.05, 0.1) is 13.7 Å². The van der Waals surface area contributed by atoms with Gasteiger partial charge in [-0.25, -0.2) is 0 Å². The van der Waals surface area contributed by atoms with Gasteiger partial charge < -0.3 is 14.8 Å². The Balaban J connectivity index is 2.17. The fraction of sp³-hybridized carbons (Fsp3) is 0.688. The van der Waals surface area contributed by atoms with Gasteiger partial charge in [0.25, 0.3) is 0 Å². The van der Waals surface area contributed by atoms with E-state index < -0.39 is 0 Å². The van der Waals surface area contributed by atoms with Crippen molar-refractivity contribution in [2.75, 3.05) is 26.9 Å². The van der Waals surface area contributed by atoms with Crippen LogP contribution in [0.3, 0.4) is 0 Å². The molecule has 4 heteroatoms. The fourth-order valence-electron chi connectivity index (χ4n) is 3.02. The highest BCUT2D eigenvalue weighted by atomic mass is 16.5. The van der Waals surface area contributed by atoms with E-state index in [1.165, 1.54) is 0 Å². The van der Waals surface area contributed by atoms with Crippen molar-refractivity contribution in [1.82, 2.24) is 10.3 Å². The topological polar surface area (TPSA) is 43.4 Å². The lowest BCUT2D eigenvalue weighted by atomic mass is 9.93. The van der Waals surface area contributed by atoms with Gasteiger partial charge in [0.15, 0.2) is 0 Å². The number of likely N-dealkylation sites (N-methyl/N-ethyl adjacent to an activating group) is 1. The van der Waals surface area contributed by atoms with E-state index in [9.17, 15) is 0 Å². The molecule has 1 aliphatic rings. The predicted octanol–water partition coefficient (Wildman–Crippen LogP) is 2.26. The minimum atomic E-state index is 0.432. The van der Waals surface area contributed by atoms with Crippen molar-refractivity contribution in [1.29, 1.82) is 0 Å². The van der Waals surface area contributed by atoms with E-state index in [1.54, 1.807) is 7.11 Å². The van der Waals surface area contributed by atoms with Crippen LogP contribution in [0.15, 0.2) is 6.20 Å². The molecule has 1 N–H and O–H groups in total. The van der Waals surface area contributed by atoms with Crippen molar-refractivity contribution < 1.29 is 9.47 Å². The lowest BCUT2D eigenvalue weighted by molar-refractivity contribution is 0.176. The van der Waals surface area contributed by atoms with Gasteiger partial charge in [-0.15, -0.1) is 0 Å². The van der Waals surface area contributed by atoms with Gasteiger partial charge in [-0.2, -0.15) is 0 Å². The number of nitrogens with one attached hydrogen (secondary N) is 1. The Labute approximate surface area is 121 Å². The second-order valence-electron chi connectivity index (χ2n) is 5.54. The molecule has 2 rings (SSSR count). The maximum atomic E-state index is 5.53. The Morgan fingerprint density at radius 1 is 1.50 bits per heavy atom. The van der Waals surface area contributed by atoms with Crippen LogP contribution in [-0.2, 0) is 11.2 Å². The monoisotopic (exact) mass is 278 g/mol. The number of aryl methyl sites for hydroxylation is 1. The highest BCUT2D eigenvalue weighted by molar-refractivity contribution is 5.41. The molecule has 1 saturated heterocycles. The molecule has 0 saturated carbocycles. The number of nitrogens with zero attached hydrogens (tertiary/aromatic N) is 1. The Morgan fingerprint density at radius 3 is 2.90 bits per heavy atom. The molecule has 2 unspecified atom stereocenters. The Kier molecular flexibility index (Phi) is 5.38. The second-order valence-corrected chi connectivity index (χ2v) is 5.54. The van der Waals surface area contributed by atoms with E-state index in [-0.39, 0.29) is 0 Å². The Bertz CT molecular complexity index is 442. The zero-order valence-electron chi connectivity index (χ0n) is 13.0. The van der Waals surface area contributed by atoms with Crippen molar-refractivity contribution >= 4 is 0 Å². The summed E-state index contributed by atoms with van der Waals surface area (Å²) >= 11 is 0. The second kappa shape index (κ2) is 7.04. The van der Waals surface area contributed by atoms with Gasteiger partial charge in [0.2, 0.25) is 0 Å². The first kappa shape index (κ1) is 15.3. The lowest BCUT2D eigenvalue weighted by Gasteiger charge is -2.24. The van der Waals surface area contributed by atoms with Crippen molar-refractivity contribution in [3.8, 4) is 5.75 Å². The molecule has 0 bridgehead atoms.